The molecular weight excluding hydrogens is 304 g/mol. The number of urea groups is 1. The third-order valence-electron chi connectivity index (χ3n) is 4.75. The van der Waals surface area contributed by atoms with Gasteiger partial charge in [-0.3, -0.25) is 4.79 Å². The molecule has 1 aliphatic heterocycles. The smallest absolute Gasteiger partial charge is 0.312 e. The first-order valence-electron chi connectivity index (χ1n) is 8.43. The molecule has 2 aromatic rings. The number of carbonyl (C=O) groups is 2. The summed E-state index contributed by atoms with van der Waals surface area (Å²) in [7, 11) is 0. The van der Waals surface area contributed by atoms with Crippen LogP contribution in [-0.4, -0.2) is 40.5 Å². The lowest BCUT2D eigenvalue weighted by Crippen LogP contribution is -2.51. The van der Waals surface area contributed by atoms with Crippen LogP contribution < -0.4 is 11.1 Å². The molecule has 3 amide bonds. The van der Waals surface area contributed by atoms with Crippen molar-refractivity contribution < 1.29 is 9.59 Å². The summed E-state index contributed by atoms with van der Waals surface area (Å²) in [4.78, 5) is 25.7. The molecule has 0 radical (unpaired) electrons. The van der Waals surface area contributed by atoms with Crippen LogP contribution >= 0.6 is 0 Å². The second kappa shape index (κ2) is 6.95. The lowest BCUT2D eigenvalue weighted by Gasteiger charge is -2.36. The Labute approximate surface area is 141 Å². The van der Waals surface area contributed by atoms with Crippen molar-refractivity contribution in [3.05, 3.63) is 36.0 Å². The summed E-state index contributed by atoms with van der Waals surface area (Å²) in [6.07, 6.45) is 5.01. The number of nitrogens with one attached hydrogen (secondary N) is 1. The van der Waals surface area contributed by atoms with Crippen LogP contribution in [0.2, 0.25) is 0 Å². The third-order valence-corrected chi connectivity index (χ3v) is 4.75. The number of para-hydroxylation sites is 1. The first-order chi connectivity index (χ1) is 11.6. The number of primary amides is 1. The molecule has 0 unspecified atom stereocenters. The molecule has 1 atom stereocenters. The Morgan fingerprint density at radius 3 is 2.88 bits per heavy atom. The lowest BCUT2D eigenvalue weighted by atomic mass is 10.0. The molecule has 128 valence electrons. The highest BCUT2D eigenvalue weighted by Crippen LogP contribution is 2.22. The summed E-state index contributed by atoms with van der Waals surface area (Å²) >= 11 is 0. The summed E-state index contributed by atoms with van der Waals surface area (Å²) in [6, 6.07) is 7.60. The van der Waals surface area contributed by atoms with Crippen molar-refractivity contribution in [1.82, 2.24) is 14.8 Å². The number of nitrogens with two attached hydrogens (primary N) is 1. The average Bonchev–Trinajstić information content (AvgIpc) is 2.89. The normalized spacial score (nSPS) is 17.9. The van der Waals surface area contributed by atoms with Gasteiger partial charge in [-0.05, 0) is 37.8 Å². The summed E-state index contributed by atoms with van der Waals surface area (Å²) in [5, 5.41) is 3.81. The van der Waals surface area contributed by atoms with E-state index in [2.05, 4.69) is 18.3 Å². The number of amides is 3. The van der Waals surface area contributed by atoms with Crippen LogP contribution in [0.5, 0.6) is 0 Å². The standard InChI is InChI=1S/C18H24N4O2/c1-13-11-21(16-8-3-2-7-15(13)16)12-17(23)22-9-5-4-6-14(22)10-20-18(19)24/h2-3,7-8,11,14H,4-6,9-10,12H2,1H3,(H3,19,20,24)/t14-/m1/s1. The number of fused-ring (bicyclic) bond motifs is 1. The molecule has 0 saturated carbocycles. The molecule has 3 N–H and O–H groups in total. The van der Waals surface area contributed by atoms with Gasteiger partial charge in [0.15, 0.2) is 0 Å². The molecule has 0 bridgehead atoms. The Bertz CT molecular complexity index is 753. The zero-order valence-electron chi connectivity index (χ0n) is 14.0. The predicted molar refractivity (Wildman–Crippen MR) is 93.6 cm³/mol. The maximum Gasteiger partial charge on any atom is 0.312 e. The number of aromatic nitrogens is 1. The summed E-state index contributed by atoms with van der Waals surface area (Å²) in [5.41, 5.74) is 7.41. The highest BCUT2D eigenvalue weighted by atomic mass is 16.2. The van der Waals surface area contributed by atoms with Crippen LogP contribution in [0.25, 0.3) is 10.9 Å². The van der Waals surface area contributed by atoms with Crippen molar-refractivity contribution in [1.29, 1.82) is 0 Å². The van der Waals surface area contributed by atoms with Crippen LogP contribution in [0.1, 0.15) is 24.8 Å². The molecule has 0 spiro atoms. The largest absolute Gasteiger partial charge is 0.352 e. The van der Waals surface area contributed by atoms with E-state index >= 15 is 0 Å². The fourth-order valence-corrected chi connectivity index (χ4v) is 3.56. The molecule has 1 aliphatic rings. The molecule has 1 aromatic heterocycles. The quantitative estimate of drug-likeness (QED) is 0.900. The molecule has 1 aromatic carbocycles. The van der Waals surface area contributed by atoms with Crippen molar-refractivity contribution in [3.8, 4) is 0 Å². The van der Waals surface area contributed by atoms with E-state index in [1.165, 1.54) is 10.9 Å². The summed E-state index contributed by atoms with van der Waals surface area (Å²) < 4.78 is 2.01. The number of hydrogen-bond acceptors (Lipinski definition) is 2. The van der Waals surface area contributed by atoms with E-state index in [1.54, 1.807) is 0 Å². The van der Waals surface area contributed by atoms with Gasteiger partial charge in [-0.1, -0.05) is 18.2 Å². The number of benzene rings is 1. The van der Waals surface area contributed by atoms with Crippen molar-refractivity contribution >= 4 is 22.8 Å². The topological polar surface area (TPSA) is 80.4 Å². The van der Waals surface area contributed by atoms with Gasteiger partial charge >= 0.3 is 6.03 Å². The number of piperidine rings is 1. The third kappa shape index (κ3) is 3.37. The molecule has 1 fully saturated rings. The Kier molecular flexibility index (Phi) is 4.74. The van der Waals surface area contributed by atoms with Gasteiger partial charge in [0.2, 0.25) is 5.91 Å². The molecule has 3 rings (SSSR count). The van der Waals surface area contributed by atoms with E-state index in [9.17, 15) is 9.59 Å². The SMILES string of the molecule is Cc1cn(CC(=O)N2CCCC[C@@H]2CNC(N)=O)c2ccccc12. The van der Waals surface area contributed by atoms with E-state index in [4.69, 9.17) is 5.73 Å². The van der Waals surface area contributed by atoms with Crippen LogP contribution in [0.3, 0.4) is 0 Å². The number of rotatable bonds is 4. The Morgan fingerprint density at radius 1 is 1.29 bits per heavy atom. The Balaban J connectivity index is 1.75. The van der Waals surface area contributed by atoms with Gasteiger partial charge in [-0.15, -0.1) is 0 Å². The first kappa shape index (κ1) is 16.4. The van der Waals surface area contributed by atoms with E-state index in [-0.39, 0.29) is 11.9 Å². The van der Waals surface area contributed by atoms with Gasteiger partial charge in [-0.25, -0.2) is 4.79 Å². The van der Waals surface area contributed by atoms with Crippen molar-refractivity contribution in [2.75, 3.05) is 13.1 Å². The summed E-state index contributed by atoms with van der Waals surface area (Å²) in [5.74, 6) is 0.0896. The Hall–Kier alpha value is -2.50. The van der Waals surface area contributed by atoms with Crippen molar-refractivity contribution in [2.45, 2.75) is 38.8 Å². The minimum absolute atomic E-state index is 0.0293. The van der Waals surface area contributed by atoms with Crippen molar-refractivity contribution in [3.63, 3.8) is 0 Å². The van der Waals surface area contributed by atoms with Crippen LogP contribution in [-0.2, 0) is 11.3 Å². The predicted octanol–water partition coefficient (Wildman–Crippen LogP) is 2.00. The fraction of sp³-hybridized carbons (Fsp3) is 0.444. The van der Waals surface area contributed by atoms with Gasteiger partial charge in [-0.2, -0.15) is 0 Å². The molecule has 0 aliphatic carbocycles. The minimum atomic E-state index is -0.542. The molecule has 1 saturated heterocycles. The van der Waals surface area contributed by atoms with Gasteiger partial charge in [0.1, 0.15) is 6.54 Å². The number of hydrogen-bond donors (Lipinski definition) is 2. The van der Waals surface area contributed by atoms with Gasteiger partial charge < -0.3 is 20.5 Å². The lowest BCUT2D eigenvalue weighted by molar-refractivity contribution is -0.135. The molecule has 6 nitrogen and oxygen atoms in total. The molecule has 24 heavy (non-hydrogen) atoms. The van der Waals surface area contributed by atoms with Crippen LogP contribution in [0.15, 0.2) is 30.5 Å². The monoisotopic (exact) mass is 328 g/mol. The van der Waals surface area contributed by atoms with Crippen LogP contribution in [0.4, 0.5) is 4.79 Å². The van der Waals surface area contributed by atoms with E-state index in [0.717, 1.165) is 31.3 Å². The summed E-state index contributed by atoms with van der Waals surface area (Å²) in [6.45, 7) is 3.54. The van der Waals surface area contributed by atoms with Gasteiger partial charge in [0.25, 0.3) is 0 Å². The van der Waals surface area contributed by atoms with E-state index in [1.807, 2.05) is 33.9 Å². The molecule has 6 heteroatoms. The maximum absolute atomic E-state index is 12.8. The second-order valence-corrected chi connectivity index (χ2v) is 6.44. The van der Waals surface area contributed by atoms with Crippen molar-refractivity contribution in [2.24, 2.45) is 5.73 Å². The van der Waals surface area contributed by atoms with E-state index < -0.39 is 6.03 Å². The van der Waals surface area contributed by atoms with E-state index in [0.29, 0.717) is 13.1 Å². The maximum atomic E-state index is 12.8. The Morgan fingerprint density at radius 2 is 2.08 bits per heavy atom. The number of likely N-dealkylation sites (tertiary alicyclic amines) is 1. The zero-order chi connectivity index (χ0) is 17.1. The molecule has 2 heterocycles. The number of aryl methyl sites for hydroxylation is 1. The average molecular weight is 328 g/mol. The number of carbonyl (C=O) groups excluding carboxylic acids is 2. The van der Waals surface area contributed by atoms with Gasteiger partial charge in [0.05, 0.1) is 0 Å². The highest BCUT2D eigenvalue weighted by molar-refractivity contribution is 5.86. The van der Waals surface area contributed by atoms with Crippen LogP contribution in [0, 0.1) is 6.92 Å². The minimum Gasteiger partial charge on any atom is -0.352 e. The number of nitrogens with zero attached hydrogens (tertiary/aromatic N) is 2. The fourth-order valence-electron chi connectivity index (χ4n) is 3.56. The molecular formula is C18H24N4O2. The zero-order valence-corrected chi connectivity index (χ0v) is 14.0. The van der Waals surface area contributed by atoms with Gasteiger partial charge in [0, 0.05) is 36.2 Å². The first-order valence-corrected chi connectivity index (χ1v) is 8.43. The second-order valence-electron chi connectivity index (χ2n) is 6.44. The highest BCUT2D eigenvalue weighted by Gasteiger charge is 2.27.